The molecule has 0 rings (SSSR count). The molecule has 0 spiro atoms. The lowest BCUT2D eigenvalue weighted by molar-refractivity contribution is 0.191. The van der Waals surface area contributed by atoms with Crippen LogP contribution in [0.15, 0.2) is 34.9 Å². The van der Waals surface area contributed by atoms with Crippen LogP contribution >= 0.6 is 15.6 Å². The average molecular weight is 406 g/mol. The van der Waals surface area contributed by atoms with Gasteiger partial charge in [0.25, 0.3) is 0 Å². The van der Waals surface area contributed by atoms with Crippen molar-refractivity contribution in [1.29, 1.82) is 0 Å². The van der Waals surface area contributed by atoms with E-state index in [2.05, 4.69) is 46.7 Å². The first kappa shape index (κ1) is 25.0. The summed E-state index contributed by atoms with van der Waals surface area (Å²) >= 11 is 0. The van der Waals surface area contributed by atoms with E-state index >= 15 is 0 Å². The third-order valence-corrected chi connectivity index (χ3v) is 5.21. The van der Waals surface area contributed by atoms with Crippen LogP contribution in [0.4, 0.5) is 0 Å². The van der Waals surface area contributed by atoms with Gasteiger partial charge >= 0.3 is 15.6 Å². The molecule has 0 bridgehead atoms. The van der Waals surface area contributed by atoms with Crippen molar-refractivity contribution < 1.29 is 32.6 Å². The Kier molecular flexibility index (Phi) is 12.0. The minimum atomic E-state index is -5.09. The summed E-state index contributed by atoms with van der Waals surface area (Å²) in [7, 11) is -9.87. The van der Waals surface area contributed by atoms with Crippen LogP contribution in [0.1, 0.15) is 53.4 Å². The zero-order chi connectivity index (χ0) is 20.2. The number of phosphoric acid groups is 2. The summed E-state index contributed by atoms with van der Waals surface area (Å²) in [6.45, 7) is 7.45. The van der Waals surface area contributed by atoms with Crippen molar-refractivity contribution in [3.8, 4) is 11.8 Å². The first-order chi connectivity index (χ1) is 11.9. The van der Waals surface area contributed by atoms with Gasteiger partial charge in [-0.05, 0) is 59.0 Å². The van der Waals surface area contributed by atoms with E-state index < -0.39 is 15.6 Å². The molecule has 0 heterocycles. The van der Waals surface area contributed by atoms with Gasteiger partial charge in [-0.1, -0.05) is 35.3 Å². The Morgan fingerprint density at radius 3 is 2.15 bits per heavy atom. The second kappa shape index (κ2) is 12.4. The maximum Gasteiger partial charge on any atom is 0.481 e. The predicted octanol–water partition coefficient (Wildman–Crippen LogP) is 4.64. The van der Waals surface area contributed by atoms with Crippen LogP contribution in [0, 0.1) is 11.8 Å². The topological polar surface area (TPSA) is 113 Å². The zero-order valence-electron chi connectivity index (χ0n) is 15.6. The second-order valence-corrected chi connectivity index (χ2v) is 8.68. The smallest absolute Gasteiger partial charge is 0.302 e. The highest BCUT2D eigenvalue weighted by Crippen LogP contribution is 2.57. The Morgan fingerprint density at radius 1 is 1.00 bits per heavy atom. The largest absolute Gasteiger partial charge is 0.481 e. The van der Waals surface area contributed by atoms with Gasteiger partial charge in [-0.25, -0.2) is 9.13 Å². The van der Waals surface area contributed by atoms with Gasteiger partial charge < -0.3 is 14.7 Å². The molecule has 0 saturated heterocycles. The second-order valence-electron chi connectivity index (χ2n) is 5.85. The van der Waals surface area contributed by atoms with Crippen LogP contribution < -0.4 is 0 Å². The molecular formula is C17H28O7P2. The number of hydrogen-bond donors (Lipinski definition) is 3. The number of phosphoric ester groups is 1. The van der Waals surface area contributed by atoms with Crippen LogP contribution in [0.25, 0.3) is 0 Å². The molecule has 1 unspecified atom stereocenters. The van der Waals surface area contributed by atoms with Crippen LogP contribution in [-0.4, -0.2) is 21.3 Å². The molecule has 0 aliphatic carbocycles. The van der Waals surface area contributed by atoms with Gasteiger partial charge in [-0.2, -0.15) is 4.31 Å². The Hall–Kier alpha value is -0.960. The number of hydrogen-bond acceptors (Lipinski definition) is 4. The SMILES string of the molecule is CC#C/C(=C\CC/C(C)=C/COP(=O)(O)OP(=O)(O)O)CCC=C(C)C. The van der Waals surface area contributed by atoms with Crippen molar-refractivity contribution in [3.05, 3.63) is 34.9 Å². The van der Waals surface area contributed by atoms with Crippen LogP contribution in [-0.2, 0) is 18.0 Å². The quantitative estimate of drug-likeness (QED) is 0.260. The fourth-order valence-electron chi connectivity index (χ4n) is 1.90. The highest BCUT2D eigenvalue weighted by Gasteiger charge is 2.31. The molecule has 0 aromatic rings. The average Bonchev–Trinajstić information content (AvgIpc) is 2.44. The Bertz CT molecular complexity index is 686. The van der Waals surface area contributed by atoms with Crippen LogP contribution in [0.5, 0.6) is 0 Å². The zero-order valence-corrected chi connectivity index (χ0v) is 17.4. The summed E-state index contributed by atoms with van der Waals surface area (Å²) in [5.41, 5.74) is 3.26. The molecule has 3 N–H and O–H groups in total. The molecule has 0 fully saturated rings. The first-order valence-corrected chi connectivity index (χ1v) is 11.1. The van der Waals surface area contributed by atoms with E-state index in [0.717, 1.165) is 30.4 Å². The van der Waals surface area contributed by atoms with Crippen molar-refractivity contribution in [2.75, 3.05) is 6.61 Å². The summed E-state index contributed by atoms with van der Waals surface area (Å²) in [4.78, 5) is 26.2. The molecule has 7 nitrogen and oxygen atoms in total. The van der Waals surface area contributed by atoms with Gasteiger partial charge in [-0.15, -0.1) is 5.92 Å². The first-order valence-electron chi connectivity index (χ1n) is 8.10. The van der Waals surface area contributed by atoms with Crippen LogP contribution in [0.3, 0.4) is 0 Å². The lowest BCUT2D eigenvalue weighted by Gasteiger charge is -2.11. The molecule has 0 aliphatic heterocycles. The fourth-order valence-corrected chi connectivity index (χ4v) is 3.43. The molecule has 0 saturated carbocycles. The molecule has 0 aliphatic rings. The van der Waals surface area contributed by atoms with Gasteiger partial charge in [0.05, 0.1) is 6.61 Å². The molecule has 148 valence electrons. The van der Waals surface area contributed by atoms with Gasteiger partial charge in [0.15, 0.2) is 0 Å². The Morgan fingerprint density at radius 2 is 1.62 bits per heavy atom. The van der Waals surface area contributed by atoms with Gasteiger partial charge in [0.1, 0.15) is 0 Å². The minimum absolute atomic E-state index is 0.286. The van der Waals surface area contributed by atoms with E-state index in [4.69, 9.17) is 14.7 Å². The number of rotatable bonds is 11. The van der Waals surface area contributed by atoms with Crippen molar-refractivity contribution in [2.45, 2.75) is 53.4 Å². The Labute approximate surface area is 155 Å². The summed E-state index contributed by atoms with van der Waals surface area (Å²) in [6, 6.07) is 0. The van der Waals surface area contributed by atoms with Gasteiger partial charge in [-0.3, -0.25) is 4.52 Å². The molecule has 26 heavy (non-hydrogen) atoms. The third kappa shape index (κ3) is 15.3. The Balaban J connectivity index is 4.47. The molecule has 0 aromatic heterocycles. The maximum atomic E-state index is 11.3. The third-order valence-electron chi connectivity index (χ3n) is 3.06. The lowest BCUT2D eigenvalue weighted by Crippen LogP contribution is -1.94. The molecule has 1 atom stereocenters. The van der Waals surface area contributed by atoms with E-state index in [1.807, 2.05) is 6.92 Å². The minimum Gasteiger partial charge on any atom is -0.302 e. The van der Waals surface area contributed by atoms with Crippen molar-refractivity contribution >= 4 is 15.6 Å². The maximum absolute atomic E-state index is 11.3. The predicted molar refractivity (Wildman–Crippen MR) is 102 cm³/mol. The molecule has 9 heteroatoms. The lowest BCUT2D eigenvalue weighted by atomic mass is 10.1. The highest BCUT2D eigenvalue weighted by molar-refractivity contribution is 7.60. The van der Waals surface area contributed by atoms with Gasteiger partial charge in [0, 0.05) is 0 Å². The van der Waals surface area contributed by atoms with E-state index in [1.165, 1.54) is 5.57 Å². The number of allylic oxidation sites excluding steroid dienone is 5. The van der Waals surface area contributed by atoms with Crippen LogP contribution in [0.2, 0.25) is 0 Å². The summed E-state index contributed by atoms with van der Waals surface area (Å²) in [5, 5.41) is 0. The molecule has 0 radical (unpaired) electrons. The van der Waals surface area contributed by atoms with E-state index in [0.29, 0.717) is 6.42 Å². The molecule has 0 amide bonds. The van der Waals surface area contributed by atoms with E-state index in [-0.39, 0.29) is 6.61 Å². The fraction of sp³-hybridized carbons (Fsp3) is 0.529. The standard InChI is InChI=1S/C17H28O7P2/c1-5-8-17(11-6-9-15(2)3)12-7-10-16(4)13-14-23-26(21,22)24-25(18,19)20/h9,12-13H,6-7,10-11,14H2,1-4H3,(H,21,22)(H2,18,19,20)/b16-13+,17-12+. The van der Waals surface area contributed by atoms with E-state index in [9.17, 15) is 9.13 Å². The van der Waals surface area contributed by atoms with Crippen molar-refractivity contribution in [3.63, 3.8) is 0 Å². The summed E-state index contributed by atoms with van der Waals surface area (Å²) < 4.78 is 30.0. The van der Waals surface area contributed by atoms with Gasteiger partial charge in [0.2, 0.25) is 0 Å². The highest BCUT2D eigenvalue weighted by atomic mass is 31.3. The normalized spacial score (nSPS) is 15.0. The van der Waals surface area contributed by atoms with Crippen molar-refractivity contribution in [2.24, 2.45) is 0 Å². The summed E-state index contributed by atoms with van der Waals surface area (Å²) in [6.07, 6.45) is 9.09. The summed E-state index contributed by atoms with van der Waals surface area (Å²) in [5.74, 6) is 6.00. The van der Waals surface area contributed by atoms with Crippen molar-refractivity contribution in [1.82, 2.24) is 0 Å². The molecule has 0 aromatic carbocycles. The monoisotopic (exact) mass is 406 g/mol. The van der Waals surface area contributed by atoms with E-state index in [1.54, 1.807) is 13.0 Å². The molecular weight excluding hydrogens is 378 g/mol.